The number of aryl methyl sites for hydroxylation is 2. The van der Waals surface area contributed by atoms with E-state index in [1.807, 2.05) is 4.90 Å². The normalized spacial score (nSPS) is 24.0. The number of aromatic nitrogens is 3. The monoisotopic (exact) mass is 349 g/mol. The lowest BCUT2D eigenvalue weighted by Crippen LogP contribution is -2.44. The van der Waals surface area contributed by atoms with Gasteiger partial charge in [-0.15, -0.1) is 0 Å². The predicted molar refractivity (Wildman–Crippen MR) is 90.6 cm³/mol. The van der Waals surface area contributed by atoms with E-state index in [2.05, 4.69) is 15.5 Å². The Morgan fingerprint density at radius 2 is 2.08 bits per heavy atom. The fourth-order valence-electron chi connectivity index (χ4n) is 3.79. The first-order valence-electron chi connectivity index (χ1n) is 9.03. The van der Waals surface area contributed by atoms with Crippen molar-refractivity contribution < 1.29 is 14.3 Å². The van der Waals surface area contributed by atoms with E-state index >= 15 is 0 Å². The van der Waals surface area contributed by atoms with Gasteiger partial charge in [-0.1, -0.05) is 12.8 Å². The number of nitrogens with one attached hydrogen (secondary N) is 1. The van der Waals surface area contributed by atoms with Crippen molar-refractivity contribution in [2.45, 2.75) is 50.7 Å². The minimum absolute atomic E-state index is 0.0483. The van der Waals surface area contributed by atoms with Crippen molar-refractivity contribution in [3.05, 3.63) is 11.9 Å². The number of methoxy groups -OCH3 is 1. The van der Waals surface area contributed by atoms with Crippen LogP contribution in [-0.4, -0.2) is 64.1 Å². The number of carbonyl (C=O) groups excluding carboxylic acids is 2. The highest BCUT2D eigenvalue weighted by molar-refractivity contribution is 5.80. The van der Waals surface area contributed by atoms with Gasteiger partial charge in [-0.3, -0.25) is 9.59 Å². The molecule has 25 heavy (non-hydrogen) atoms. The number of likely N-dealkylation sites (tertiary alicyclic amines) is 1. The quantitative estimate of drug-likeness (QED) is 0.797. The van der Waals surface area contributed by atoms with E-state index < -0.39 is 0 Å². The Morgan fingerprint density at radius 3 is 2.72 bits per heavy atom. The highest BCUT2D eigenvalue weighted by Crippen LogP contribution is 2.28. The summed E-state index contributed by atoms with van der Waals surface area (Å²) in [6, 6.07) is -0.148. The summed E-state index contributed by atoms with van der Waals surface area (Å²) in [6.45, 7) is 1.09. The van der Waals surface area contributed by atoms with Gasteiger partial charge in [0.15, 0.2) is 0 Å². The standard InChI is InChI=1S/C17H27N5O3/c1-21-18-9-13(20-21)7-8-16(23)19-14-10-22(11-15(14)25-2)17(24)12-5-3-4-6-12/h9,12,14-15H,3-8,10-11H2,1-2H3,(H,19,23)/t14-,15-/m1/s1. The van der Waals surface area contributed by atoms with Gasteiger partial charge in [0.1, 0.15) is 0 Å². The molecule has 1 N–H and O–H groups in total. The van der Waals surface area contributed by atoms with Crippen LogP contribution in [0.25, 0.3) is 0 Å². The molecule has 1 saturated carbocycles. The molecule has 0 spiro atoms. The van der Waals surface area contributed by atoms with Crippen molar-refractivity contribution in [1.82, 2.24) is 25.2 Å². The molecule has 1 saturated heterocycles. The molecule has 2 heterocycles. The molecule has 0 unspecified atom stereocenters. The lowest BCUT2D eigenvalue weighted by Gasteiger charge is -2.20. The van der Waals surface area contributed by atoms with E-state index in [-0.39, 0.29) is 29.9 Å². The summed E-state index contributed by atoms with van der Waals surface area (Å²) in [7, 11) is 3.38. The van der Waals surface area contributed by atoms with Crippen molar-refractivity contribution in [1.29, 1.82) is 0 Å². The maximum Gasteiger partial charge on any atom is 0.225 e. The van der Waals surface area contributed by atoms with Crippen LogP contribution in [0.2, 0.25) is 0 Å². The fourth-order valence-corrected chi connectivity index (χ4v) is 3.79. The van der Waals surface area contributed by atoms with Crippen molar-refractivity contribution in [2.75, 3.05) is 20.2 Å². The van der Waals surface area contributed by atoms with E-state index in [9.17, 15) is 9.59 Å². The molecule has 1 aliphatic heterocycles. The summed E-state index contributed by atoms with van der Waals surface area (Å²) in [4.78, 5) is 28.2. The second-order valence-corrected chi connectivity index (χ2v) is 7.00. The smallest absolute Gasteiger partial charge is 0.225 e. The third kappa shape index (κ3) is 4.36. The first-order valence-corrected chi connectivity index (χ1v) is 9.03. The maximum absolute atomic E-state index is 12.6. The number of rotatable bonds is 6. The van der Waals surface area contributed by atoms with Crippen LogP contribution in [0.3, 0.4) is 0 Å². The van der Waals surface area contributed by atoms with Gasteiger partial charge in [0.05, 0.1) is 24.0 Å². The molecule has 0 aromatic carbocycles. The van der Waals surface area contributed by atoms with Gasteiger partial charge < -0.3 is 15.0 Å². The number of hydrogen-bond acceptors (Lipinski definition) is 5. The molecule has 1 aromatic heterocycles. The highest BCUT2D eigenvalue weighted by Gasteiger charge is 2.38. The maximum atomic E-state index is 12.6. The summed E-state index contributed by atoms with van der Waals surface area (Å²) in [6.07, 6.45) is 6.68. The SMILES string of the molecule is CO[C@@H]1CN(C(=O)C2CCCC2)C[C@H]1NC(=O)CCc1cnn(C)n1. The molecule has 2 atom stereocenters. The van der Waals surface area contributed by atoms with Crippen LogP contribution >= 0.6 is 0 Å². The number of nitrogens with zero attached hydrogens (tertiary/aromatic N) is 4. The van der Waals surface area contributed by atoms with E-state index in [4.69, 9.17) is 4.74 Å². The first-order chi connectivity index (χ1) is 12.1. The molecule has 8 heteroatoms. The van der Waals surface area contributed by atoms with Crippen LogP contribution < -0.4 is 5.32 Å². The molecule has 0 radical (unpaired) electrons. The second-order valence-electron chi connectivity index (χ2n) is 7.00. The predicted octanol–water partition coefficient (Wildman–Crippen LogP) is 0.280. The number of hydrogen-bond donors (Lipinski definition) is 1. The van der Waals surface area contributed by atoms with Crippen molar-refractivity contribution >= 4 is 11.8 Å². The zero-order valence-corrected chi connectivity index (χ0v) is 15.0. The van der Waals surface area contributed by atoms with Gasteiger partial charge in [0, 0.05) is 46.0 Å². The van der Waals surface area contributed by atoms with Crippen molar-refractivity contribution in [3.63, 3.8) is 0 Å². The molecule has 2 fully saturated rings. The summed E-state index contributed by atoms with van der Waals surface area (Å²) in [5.74, 6) is 0.326. The van der Waals surface area contributed by atoms with Crippen LogP contribution in [0.15, 0.2) is 6.20 Å². The zero-order chi connectivity index (χ0) is 17.8. The van der Waals surface area contributed by atoms with Gasteiger partial charge in [0.25, 0.3) is 0 Å². The second kappa shape index (κ2) is 7.95. The Bertz CT molecular complexity index is 611. The van der Waals surface area contributed by atoms with Crippen LogP contribution in [0.4, 0.5) is 0 Å². The van der Waals surface area contributed by atoms with E-state index in [0.29, 0.717) is 25.9 Å². The Balaban J connectivity index is 1.50. The van der Waals surface area contributed by atoms with Gasteiger partial charge in [-0.25, -0.2) is 0 Å². The molecule has 1 aromatic rings. The molecule has 138 valence electrons. The zero-order valence-electron chi connectivity index (χ0n) is 15.0. The van der Waals surface area contributed by atoms with Crippen LogP contribution in [0, 0.1) is 5.92 Å². The minimum atomic E-state index is -0.148. The number of ether oxygens (including phenoxy) is 1. The third-order valence-electron chi connectivity index (χ3n) is 5.19. The molecule has 1 aliphatic carbocycles. The number of carbonyl (C=O) groups is 2. The van der Waals surface area contributed by atoms with Gasteiger partial charge in [-0.2, -0.15) is 15.0 Å². The Labute approximate surface area is 147 Å². The highest BCUT2D eigenvalue weighted by atomic mass is 16.5. The Hall–Kier alpha value is -1.96. The van der Waals surface area contributed by atoms with Crippen LogP contribution in [0.1, 0.15) is 37.8 Å². The summed E-state index contributed by atoms with van der Waals surface area (Å²) in [5, 5.41) is 11.2. The van der Waals surface area contributed by atoms with Crippen molar-refractivity contribution in [3.8, 4) is 0 Å². The largest absolute Gasteiger partial charge is 0.377 e. The van der Waals surface area contributed by atoms with Crippen LogP contribution in [-0.2, 0) is 27.8 Å². The third-order valence-corrected chi connectivity index (χ3v) is 5.19. The summed E-state index contributed by atoms with van der Waals surface area (Å²) in [5.41, 5.74) is 0.797. The summed E-state index contributed by atoms with van der Waals surface area (Å²) < 4.78 is 5.50. The van der Waals surface area contributed by atoms with E-state index in [1.54, 1.807) is 20.4 Å². The van der Waals surface area contributed by atoms with Crippen molar-refractivity contribution in [2.24, 2.45) is 13.0 Å². The minimum Gasteiger partial charge on any atom is -0.377 e. The van der Waals surface area contributed by atoms with E-state index in [1.165, 1.54) is 4.80 Å². The Morgan fingerprint density at radius 1 is 1.32 bits per heavy atom. The topological polar surface area (TPSA) is 89.4 Å². The number of amides is 2. The van der Waals surface area contributed by atoms with E-state index in [0.717, 1.165) is 31.4 Å². The first kappa shape index (κ1) is 17.8. The molecule has 2 amide bonds. The lowest BCUT2D eigenvalue weighted by atomic mass is 10.1. The van der Waals surface area contributed by atoms with Gasteiger partial charge in [0.2, 0.25) is 11.8 Å². The summed E-state index contributed by atoms with van der Waals surface area (Å²) >= 11 is 0. The average Bonchev–Trinajstić information content (AvgIpc) is 3.33. The molecular formula is C17H27N5O3. The van der Waals surface area contributed by atoms with Crippen LogP contribution in [0.5, 0.6) is 0 Å². The molecule has 2 aliphatic rings. The Kier molecular flexibility index (Phi) is 5.67. The average molecular weight is 349 g/mol. The van der Waals surface area contributed by atoms with Gasteiger partial charge >= 0.3 is 0 Å². The molecule has 8 nitrogen and oxygen atoms in total. The van der Waals surface area contributed by atoms with Gasteiger partial charge in [-0.05, 0) is 12.8 Å². The lowest BCUT2D eigenvalue weighted by molar-refractivity contribution is -0.134. The molecular weight excluding hydrogens is 322 g/mol. The fraction of sp³-hybridized carbons (Fsp3) is 0.765. The molecule has 3 rings (SSSR count). The molecule has 0 bridgehead atoms.